The van der Waals surface area contributed by atoms with Gasteiger partial charge in [0.1, 0.15) is 10.7 Å². The summed E-state index contributed by atoms with van der Waals surface area (Å²) in [5.41, 5.74) is 3.51. The van der Waals surface area contributed by atoms with Crippen molar-refractivity contribution in [1.29, 1.82) is 0 Å². The zero-order valence-corrected chi connectivity index (χ0v) is 20.5. The van der Waals surface area contributed by atoms with Crippen molar-refractivity contribution in [3.63, 3.8) is 0 Å². The van der Waals surface area contributed by atoms with Crippen molar-refractivity contribution in [3.05, 3.63) is 46.1 Å². The number of thiophene rings is 1. The first-order valence-corrected chi connectivity index (χ1v) is 13.0. The van der Waals surface area contributed by atoms with Crippen molar-refractivity contribution in [2.75, 3.05) is 11.1 Å². The minimum Gasteiger partial charge on any atom is -0.326 e. The quantitative estimate of drug-likeness (QED) is 0.311. The van der Waals surface area contributed by atoms with Crippen LogP contribution in [0.1, 0.15) is 53.8 Å². The van der Waals surface area contributed by atoms with E-state index in [9.17, 15) is 9.59 Å². The number of carbonyl (C=O) groups is 2. The van der Waals surface area contributed by atoms with Crippen molar-refractivity contribution >= 4 is 56.3 Å². The molecular weight excluding hydrogens is 454 g/mol. The molecule has 3 aromatic heterocycles. The molecule has 3 heterocycles. The Morgan fingerprint density at radius 2 is 2.03 bits per heavy atom. The zero-order valence-electron chi connectivity index (χ0n) is 18.8. The molecule has 0 spiro atoms. The number of benzene rings is 1. The van der Waals surface area contributed by atoms with Gasteiger partial charge in [-0.05, 0) is 55.0 Å². The molecule has 33 heavy (non-hydrogen) atoms. The third-order valence-electron chi connectivity index (χ3n) is 6.01. The fraction of sp³-hybridized carbons (Fsp3) is 0.375. The van der Waals surface area contributed by atoms with Crippen LogP contribution < -0.4 is 5.32 Å². The van der Waals surface area contributed by atoms with E-state index in [0.29, 0.717) is 22.3 Å². The molecule has 1 atom stereocenters. The Labute approximate surface area is 200 Å². The summed E-state index contributed by atoms with van der Waals surface area (Å²) in [5, 5.41) is 13.5. The minimum absolute atomic E-state index is 0.000103. The van der Waals surface area contributed by atoms with Gasteiger partial charge in [0.15, 0.2) is 16.6 Å². The summed E-state index contributed by atoms with van der Waals surface area (Å²) in [6.45, 7) is 5.85. The molecule has 7 nitrogen and oxygen atoms in total. The number of hydrogen-bond donors (Lipinski definition) is 1. The Balaban J connectivity index is 1.43. The van der Waals surface area contributed by atoms with E-state index in [1.165, 1.54) is 35.5 Å². The first-order valence-electron chi connectivity index (χ1n) is 11.2. The number of rotatable bonds is 6. The Kier molecular flexibility index (Phi) is 5.92. The van der Waals surface area contributed by atoms with E-state index in [-0.39, 0.29) is 17.4 Å². The zero-order chi connectivity index (χ0) is 23.1. The predicted molar refractivity (Wildman–Crippen MR) is 133 cm³/mol. The SMILES string of the molecule is CCc1nc2sc3c(c2c2nnc(SCC(=O)c4ccc(NC(C)=O)cc4)n12)CC[C@@H](C)C3. The fourth-order valence-corrected chi connectivity index (χ4v) is 6.61. The predicted octanol–water partition coefficient (Wildman–Crippen LogP) is 4.96. The molecule has 1 amide bonds. The van der Waals surface area contributed by atoms with Gasteiger partial charge in [-0.1, -0.05) is 25.6 Å². The highest BCUT2D eigenvalue weighted by Gasteiger charge is 2.25. The van der Waals surface area contributed by atoms with Crippen LogP contribution in [0, 0.1) is 5.92 Å². The first-order chi connectivity index (χ1) is 15.9. The van der Waals surface area contributed by atoms with Crippen molar-refractivity contribution in [1.82, 2.24) is 19.6 Å². The van der Waals surface area contributed by atoms with Crippen LogP contribution in [0.3, 0.4) is 0 Å². The lowest BCUT2D eigenvalue weighted by atomic mass is 9.89. The lowest BCUT2D eigenvalue weighted by Crippen LogP contribution is -2.09. The first kappa shape index (κ1) is 22.0. The summed E-state index contributed by atoms with van der Waals surface area (Å²) in [5.74, 6) is 1.73. The summed E-state index contributed by atoms with van der Waals surface area (Å²) < 4.78 is 2.03. The van der Waals surface area contributed by atoms with E-state index in [1.807, 2.05) is 4.40 Å². The second-order valence-electron chi connectivity index (χ2n) is 8.53. The third kappa shape index (κ3) is 4.15. The Morgan fingerprint density at radius 3 is 2.76 bits per heavy atom. The lowest BCUT2D eigenvalue weighted by Gasteiger charge is -2.17. The van der Waals surface area contributed by atoms with Gasteiger partial charge in [-0.25, -0.2) is 4.98 Å². The van der Waals surface area contributed by atoms with Crippen LogP contribution in [-0.4, -0.2) is 37.0 Å². The van der Waals surface area contributed by atoms with Gasteiger partial charge in [0, 0.05) is 29.5 Å². The normalized spacial score (nSPS) is 15.7. The van der Waals surface area contributed by atoms with Crippen molar-refractivity contribution in [3.8, 4) is 0 Å². The van der Waals surface area contributed by atoms with Gasteiger partial charge in [-0.15, -0.1) is 21.5 Å². The largest absolute Gasteiger partial charge is 0.326 e. The molecule has 0 saturated heterocycles. The molecule has 5 rings (SSSR count). The molecule has 0 radical (unpaired) electrons. The lowest BCUT2D eigenvalue weighted by molar-refractivity contribution is -0.114. The van der Waals surface area contributed by atoms with Gasteiger partial charge >= 0.3 is 0 Å². The smallest absolute Gasteiger partial charge is 0.221 e. The highest BCUT2D eigenvalue weighted by molar-refractivity contribution is 7.99. The molecule has 9 heteroatoms. The number of aromatic nitrogens is 4. The van der Waals surface area contributed by atoms with Crippen LogP contribution in [0.25, 0.3) is 15.9 Å². The van der Waals surface area contributed by atoms with E-state index < -0.39 is 0 Å². The number of nitrogens with one attached hydrogen (secondary N) is 1. The summed E-state index contributed by atoms with van der Waals surface area (Å²) in [6, 6.07) is 6.94. The fourth-order valence-electron chi connectivity index (χ4n) is 4.36. The number of Topliss-reactive ketones (excluding diaryl/α,β-unsaturated/α-hetero) is 1. The summed E-state index contributed by atoms with van der Waals surface area (Å²) >= 11 is 3.18. The van der Waals surface area contributed by atoms with Gasteiger partial charge < -0.3 is 5.32 Å². The van der Waals surface area contributed by atoms with E-state index in [1.54, 1.807) is 35.6 Å². The number of amides is 1. The second-order valence-corrected chi connectivity index (χ2v) is 10.6. The van der Waals surface area contributed by atoms with Crippen LogP contribution in [0.5, 0.6) is 0 Å². The van der Waals surface area contributed by atoms with Gasteiger partial charge in [-0.2, -0.15) is 0 Å². The van der Waals surface area contributed by atoms with E-state index in [4.69, 9.17) is 4.98 Å². The molecule has 0 unspecified atom stereocenters. The number of fused-ring (bicyclic) bond motifs is 5. The molecule has 4 aromatic rings. The number of hydrogen-bond acceptors (Lipinski definition) is 7. The van der Waals surface area contributed by atoms with E-state index >= 15 is 0 Å². The highest BCUT2D eigenvalue weighted by atomic mass is 32.2. The molecule has 170 valence electrons. The maximum absolute atomic E-state index is 12.8. The maximum atomic E-state index is 12.8. The molecule has 0 aliphatic heterocycles. The molecule has 1 aromatic carbocycles. The highest BCUT2D eigenvalue weighted by Crippen LogP contribution is 2.39. The molecule has 0 fully saturated rings. The Morgan fingerprint density at radius 1 is 1.24 bits per heavy atom. The molecule has 1 aliphatic carbocycles. The average molecular weight is 480 g/mol. The summed E-state index contributed by atoms with van der Waals surface area (Å²) in [4.78, 5) is 31.4. The number of aryl methyl sites for hydroxylation is 2. The maximum Gasteiger partial charge on any atom is 0.221 e. The van der Waals surface area contributed by atoms with Crippen LogP contribution >= 0.6 is 23.1 Å². The average Bonchev–Trinajstić information content (AvgIpc) is 3.37. The molecular formula is C24H25N5O2S2. The molecule has 0 saturated carbocycles. The third-order valence-corrected chi connectivity index (χ3v) is 8.09. The van der Waals surface area contributed by atoms with Gasteiger partial charge in [0.05, 0.1) is 11.1 Å². The summed E-state index contributed by atoms with van der Waals surface area (Å²) in [7, 11) is 0. The van der Waals surface area contributed by atoms with E-state index in [2.05, 4.69) is 29.4 Å². The molecule has 0 bridgehead atoms. The van der Waals surface area contributed by atoms with Crippen molar-refractivity contribution in [2.24, 2.45) is 5.92 Å². The van der Waals surface area contributed by atoms with Crippen molar-refractivity contribution < 1.29 is 9.59 Å². The minimum atomic E-state index is -0.140. The van der Waals surface area contributed by atoms with Crippen molar-refractivity contribution in [2.45, 2.75) is 51.6 Å². The molecule has 1 N–H and O–H groups in total. The second kappa shape index (κ2) is 8.87. The monoisotopic (exact) mass is 479 g/mol. The number of ketones is 1. The van der Waals surface area contributed by atoms with Crippen LogP contribution in [0.4, 0.5) is 5.69 Å². The topological polar surface area (TPSA) is 89.2 Å². The number of nitrogens with zero attached hydrogens (tertiary/aromatic N) is 4. The van der Waals surface area contributed by atoms with Gasteiger partial charge in [0.2, 0.25) is 5.91 Å². The number of thioether (sulfide) groups is 1. The Bertz CT molecular complexity index is 1370. The van der Waals surface area contributed by atoms with Gasteiger partial charge in [-0.3, -0.25) is 14.0 Å². The van der Waals surface area contributed by atoms with Crippen LogP contribution in [-0.2, 0) is 24.1 Å². The van der Waals surface area contributed by atoms with Gasteiger partial charge in [0.25, 0.3) is 0 Å². The number of anilines is 1. The standard InChI is InChI=1S/C24H25N5O2S2/c1-4-20-26-23-21(17-10-5-13(2)11-19(17)33-23)22-27-28-24(29(20)22)32-12-18(31)15-6-8-16(9-7-15)25-14(3)30/h6-9,13H,4-5,10-12H2,1-3H3,(H,25,30)/t13-/m1/s1. The number of carbonyl (C=O) groups excluding carboxylic acids is 2. The van der Waals surface area contributed by atoms with Crippen LogP contribution in [0.2, 0.25) is 0 Å². The summed E-state index contributed by atoms with van der Waals surface area (Å²) in [6.07, 6.45) is 4.11. The van der Waals surface area contributed by atoms with Crippen LogP contribution in [0.15, 0.2) is 29.4 Å². The molecule has 1 aliphatic rings. The van der Waals surface area contributed by atoms with E-state index in [0.717, 1.165) is 41.0 Å². The Hall–Kier alpha value is -2.78.